The van der Waals surface area contributed by atoms with Crippen molar-refractivity contribution in [3.05, 3.63) is 50.3 Å². The van der Waals surface area contributed by atoms with E-state index in [4.69, 9.17) is 0 Å². The van der Waals surface area contributed by atoms with Crippen LogP contribution in [0.15, 0.2) is 40.2 Å². The molecule has 1 aromatic heterocycles. The molecule has 0 saturated heterocycles. The maximum Gasteiger partial charge on any atom is 0.278 e. The summed E-state index contributed by atoms with van der Waals surface area (Å²) in [6.45, 7) is 0. The van der Waals surface area contributed by atoms with Crippen LogP contribution >= 0.6 is 27.3 Å². The molecule has 76 valence electrons. The Balaban J connectivity index is 2.57. The van der Waals surface area contributed by atoms with Crippen LogP contribution in [0.5, 0.6) is 0 Å². The lowest BCUT2D eigenvalue weighted by Crippen LogP contribution is -1.89. The summed E-state index contributed by atoms with van der Waals surface area (Å²) < 4.78 is 0.968. The second kappa shape index (κ2) is 4.12. The molecule has 3 nitrogen and oxygen atoms in total. The lowest BCUT2D eigenvalue weighted by Gasteiger charge is -1.98. The van der Waals surface area contributed by atoms with E-state index >= 15 is 0 Å². The summed E-state index contributed by atoms with van der Waals surface area (Å²) in [6, 6.07) is 10.5. The summed E-state index contributed by atoms with van der Waals surface area (Å²) in [5.74, 6) is 0. The van der Waals surface area contributed by atoms with Gasteiger partial charge in [-0.15, -0.1) is 11.3 Å². The third-order valence-corrected chi connectivity index (χ3v) is 3.60. The van der Waals surface area contributed by atoms with Crippen molar-refractivity contribution in [3.63, 3.8) is 0 Å². The maximum absolute atomic E-state index is 10.8. The van der Waals surface area contributed by atoms with Crippen molar-refractivity contribution >= 4 is 33.0 Å². The van der Waals surface area contributed by atoms with E-state index in [9.17, 15) is 10.1 Å². The number of thiophene rings is 1. The summed E-state index contributed by atoms with van der Waals surface area (Å²) in [4.78, 5) is 11.3. The Morgan fingerprint density at radius 1 is 1.20 bits per heavy atom. The van der Waals surface area contributed by atoms with Crippen LogP contribution in [0.1, 0.15) is 0 Å². The number of nitrogens with zero attached hydrogens (tertiary/aromatic N) is 1. The van der Waals surface area contributed by atoms with Gasteiger partial charge in [0.15, 0.2) is 0 Å². The van der Waals surface area contributed by atoms with Crippen molar-refractivity contribution < 1.29 is 4.92 Å². The van der Waals surface area contributed by atoms with E-state index in [1.165, 1.54) is 17.4 Å². The molecule has 2 aromatic rings. The van der Waals surface area contributed by atoms with Gasteiger partial charge in [-0.1, -0.05) is 12.1 Å². The smallest absolute Gasteiger partial charge is 0.258 e. The molecule has 1 aromatic carbocycles. The van der Waals surface area contributed by atoms with Gasteiger partial charge < -0.3 is 0 Å². The largest absolute Gasteiger partial charge is 0.278 e. The Labute approximate surface area is 98.6 Å². The van der Waals surface area contributed by atoms with Crippen LogP contribution in [0.4, 0.5) is 5.69 Å². The minimum absolute atomic E-state index is 0.145. The predicted molar refractivity (Wildman–Crippen MR) is 64.1 cm³/mol. The van der Waals surface area contributed by atoms with Gasteiger partial charge in [0.2, 0.25) is 0 Å². The third-order valence-electron chi connectivity index (χ3n) is 1.94. The van der Waals surface area contributed by atoms with Gasteiger partial charge in [0.1, 0.15) is 0 Å². The number of benzene rings is 1. The third kappa shape index (κ3) is 2.08. The molecule has 0 spiro atoms. The van der Waals surface area contributed by atoms with E-state index in [1.807, 2.05) is 12.1 Å². The molecule has 2 rings (SSSR count). The second-order valence-corrected chi connectivity index (χ2v) is 5.34. The molecule has 0 saturated carbocycles. The van der Waals surface area contributed by atoms with Gasteiger partial charge in [-0.05, 0) is 34.1 Å². The Hall–Kier alpha value is -1.20. The Morgan fingerprint density at radius 3 is 2.53 bits per heavy atom. The van der Waals surface area contributed by atoms with Crippen molar-refractivity contribution in [2.45, 2.75) is 0 Å². The van der Waals surface area contributed by atoms with Crippen LogP contribution in [0.25, 0.3) is 10.4 Å². The number of nitro groups is 1. The van der Waals surface area contributed by atoms with Crippen LogP contribution in [-0.4, -0.2) is 4.92 Å². The van der Waals surface area contributed by atoms with Gasteiger partial charge in [-0.25, -0.2) is 0 Å². The van der Waals surface area contributed by atoms with Gasteiger partial charge in [0.05, 0.1) is 14.3 Å². The number of para-hydroxylation sites is 1. The average Bonchev–Trinajstić information content (AvgIpc) is 2.65. The SMILES string of the molecule is O=[N+]([O-])c1ccccc1-c1ccc(Br)s1. The highest BCUT2D eigenvalue weighted by Crippen LogP contribution is 2.36. The molecule has 0 aliphatic heterocycles. The highest BCUT2D eigenvalue weighted by atomic mass is 79.9. The zero-order valence-electron chi connectivity index (χ0n) is 7.51. The monoisotopic (exact) mass is 283 g/mol. The Morgan fingerprint density at radius 2 is 1.93 bits per heavy atom. The minimum Gasteiger partial charge on any atom is -0.258 e. The quantitative estimate of drug-likeness (QED) is 0.616. The fourth-order valence-electron chi connectivity index (χ4n) is 1.30. The molecular weight excluding hydrogens is 278 g/mol. The summed E-state index contributed by atoms with van der Waals surface area (Å²) in [7, 11) is 0. The van der Waals surface area contributed by atoms with Crippen LogP contribution < -0.4 is 0 Å². The molecule has 0 fully saturated rings. The van der Waals surface area contributed by atoms with Gasteiger partial charge in [-0.2, -0.15) is 0 Å². The van der Waals surface area contributed by atoms with E-state index < -0.39 is 0 Å². The Bertz CT molecular complexity index is 510. The van der Waals surface area contributed by atoms with Crippen molar-refractivity contribution in [2.75, 3.05) is 0 Å². The van der Waals surface area contributed by atoms with E-state index in [1.54, 1.807) is 18.2 Å². The van der Waals surface area contributed by atoms with Gasteiger partial charge in [-0.3, -0.25) is 10.1 Å². The summed E-state index contributed by atoms with van der Waals surface area (Å²) in [5.41, 5.74) is 0.810. The number of halogens is 1. The lowest BCUT2D eigenvalue weighted by molar-refractivity contribution is -0.384. The van der Waals surface area contributed by atoms with E-state index in [-0.39, 0.29) is 10.6 Å². The topological polar surface area (TPSA) is 43.1 Å². The van der Waals surface area contributed by atoms with E-state index in [2.05, 4.69) is 15.9 Å². The van der Waals surface area contributed by atoms with Gasteiger partial charge in [0.25, 0.3) is 5.69 Å². The van der Waals surface area contributed by atoms with Crippen LogP contribution in [-0.2, 0) is 0 Å². The molecule has 1 heterocycles. The van der Waals surface area contributed by atoms with Crippen molar-refractivity contribution in [1.82, 2.24) is 0 Å². The van der Waals surface area contributed by atoms with Crippen LogP contribution in [0, 0.1) is 10.1 Å². The molecule has 0 atom stereocenters. The first kappa shape index (κ1) is 10.3. The Kier molecular flexibility index (Phi) is 2.83. The molecule has 15 heavy (non-hydrogen) atoms. The molecule has 5 heteroatoms. The van der Waals surface area contributed by atoms with Crippen molar-refractivity contribution in [1.29, 1.82) is 0 Å². The molecule has 0 N–H and O–H groups in total. The predicted octanol–water partition coefficient (Wildman–Crippen LogP) is 4.09. The highest BCUT2D eigenvalue weighted by Gasteiger charge is 2.14. The van der Waals surface area contributed by atoms with E-state index in [0.717, 1.165) is 8.66 Å². The fraction of sp³-hybridized carbons (Fsp3) is 0. The normalized spacial score (nSPS) is 10.2. The number of hydrogen-bond donors (Lipinski definition) is 0. The second-order valence-electron chi connectivity index (χ2n) is 2.88. The number of rotatable bonds is 2. The van der Waals surface area contributed by atoms with Gasteiger partial charge in [0, 0.05) is 10.9 Å². The highest BCUT2D eigenvalue weighted by molar-refractivity contribution is 9.11. The maximum atomic E-state index is 10.8. The van der Waals surface area contributed by atoms with Crippen molar-refractivity contribution in [2.24, 2.45) is 0 Å². The standard InChI is InChI=1S/C10H6BrNO2S/c11-10-6-5-9(15-10)7-3-1-2-4-8(7)12(13)14/h1-6H. The first-order valence-corrected chi connectivity index (χ1v) is 5.78. The molecule has 0 amide bonds. The zero-order chi connectivity index (χ0) is 10.8. The molecule has 0 unspecified atom stereocenters. The summed E-state index contributed by atoms with van der Waals surface area (Å²) >= 11 is 4.82. The molecule has 0 radical (unpaired) electrons. The van der Waals surface area contributed by atoms with Gasteiger partial charge >= 0.3 is 0 Å². The van der Waals surface area contributed by atoms with Crippen LogP contribution in [0.2, 0.25) is 0 Å². The molecule has 0 bridgehead atoms. The first-order valence-electron chi connectivity index (χ1n) is 4.17. The lowest BCUT2D eigenvalue weighted by atomic mass is 10.1. The fourth-order valence-corrected chi connectivity index (χ4v) is 2.72. The van der Waals surface area contributed by atoms with Crippen molar-refractivity contribution in [3.8, 4) is 10.4 Å². The summed E-state index contributed by atoms with van der Waals surface area (Å²) in [6.07, 6.45) is 0. The zero-order valence-corrected chi connectivity index (χ0v) is 9.92. The first-order chi connectivity index (χ1) is 7.18. The number of hydrogen-bond acceptors (Lipinski definition) is 3. The molecule has 0 aliphatic carbocycles. The van der Waals surface area contributed by atoms with E-state index in [0.29, 0.717) is 5.56 Å². The van der Waals surface area contributed by atoms with Crippen LogP contribution in [0.3, 0.4) is 0 Å². The summed E-state index contributed by atoms with van der Waals surface area (Å²) in [5, 5.41) is 10.8. The molecule has 0 aliphatic rings. The number of nitro benzene ring substituents is 1. The minimum atomic E-state index is -0.358. The molecular formula is C10H6BrNO2S. The average molecular weight is 284 g/mol.